The van der Waals surface area contributed by atoms with E-state index in [1.807, 2.05) is 7.05 Å². The van der Waals surface area contributed by atoms with Gasteiger partial charge in [-0.3, -0.25) is 4.90 Å². The van der Waals surface area contributed by atoms with Crippen LogP contribution in [0.5, 0.6) is 0 Å². The molecule has 0 aromatic rings. The van der Waals surface area contributed by atoms with Crippen LogP contribution in [0.4, 0.5) is 0 Å². The van der Waals surface area contributed by atoms with Crippen LogP contribution in [0, 0.1) is 0 Å². The van der Waals surface area contributed by atoms with Crippen molar-refractivity contribution in [1.82, 2.24) is 15.1 Å². The summed E-state index contributed by atoms with van der Waals surface area (Å²) < 4.78 is 0. The van der Waals surface area contributed by atoms with Crippen LogP contribution in [0.15, 0.2) is 0 Å². The van der Waals surface area contributed by atoms with E-state index >= 15 is 0 Å². The highest BCUT2D eigenvalue weighted by molar-refractivity contribution is 4.67. The maximum absolute atomic E-state index is 3.21. The molecule has 15 heavy (non-hydrogen) atoms. The van der Waals surface area contributed by atoms with Gasteiger partial charge in [0.25, 0.3) is 0 Å². The van der Waals surface area contributed by atoms with Crippen LogP contribution >= 0.6 is 0 Å². The molecule has 0 rings (SSSR count). The number of rotatable bonds is 8. The maximum atomic E-state index is 3.21. The molecule has 0 amide bonds. The third-order valence-electron chi connectivity index (χ3n) is 3.00. The van der Waals surface area contributed by atoms with E-state index in [2.05, 4.69) is 49.9 Å². The molecule has 0 bridgehead atoms. The van der Waals surface area contributed by atoms with E-state index in [0.29, 0.717) is 12.1 Å². The SMILES string of the molecule is CNCCN(CCN(C)C(C)C)C(C)C. The molecule has 0 aliphatic carbocycles. The zero-order valence-electron chi connectivity index (χ0n) is 11.4. The minimum absolute atomic E-state index is 0.638. The highest BCUT2D eigenvalue weighted by atomic mass is 15.2. The number of hydrogen-bond acceptors (Lipinski definition) is 3. The van der Waals surface area contributed by atoms with Crippen LogP contribution in [0.2, 0.25) is 0 Å². The molecule has 0 unspecified atom stereocenters. The Morgan fingerprint density at radius 1 is 0.933 bits per heavy atom. The molecule has 0 radical (unpaired) electrons. The van der Waals surface area contributed by atoms with Crippen molar-refractivity contribution in [2.75, 3.05) is 40.3 Å². The first kappa shape index (κ1) is 14.9. The van der Waals surface area contributed by atoms with Crippen LogP contribution in [-0.4, -0.2) is 62.2 Å². The molecule has 0 aliphatic rings. The topological polar surface area (TPSA) is 18.5 Å². The van der Waals surface area contributed by atoms with Gasteiger partial charge in [-0.2, -0.15) is 0 Å². The fraction of sp³-hybridized carbons (Fsp3) is 1.00. The van der Waals surface area contributed by atoms with Gasteiger partial charge >= 0.3 is 0 Å². The lowest BCUT2D eigenvalue weighted by atomic mass is 10.3. The van der Waals surface area contributed by atoms with Crippen LogP contribution in [0.25, 0.3) is 0 Å². The minimum Gasteiger partial charge on any atom is -0.318 e. The van der Waals surface area contributed by atoms with Crippen LogP contribution in [0.1, 0.15) is 27.7 Å². The van der Waals surface area contributed by atoms with Gasteiger partial charge in [0, 0.05) is 38.3 Å². The smallest absolute Gasteiger partial charge is 0.0113 e. The van der Waals surface area contributed by atoms with E-state index in [-0.39, 0.29) is 0 Å². The zero-order chi connectivity index (χ0) is 11.8. The van der Waals surface area contributed by atoms with Crippen molar-refractivity contribution in [2.24, 2.45) is 0 Å². The molecule has 0 saturated heterocycles. The van der Waals surface area contributed by atoms with Crippen molar-refractivity contribution in [2.45, 2.75) is 39.8 Å². The van der Waals surface area contributed by atoms with Gasteiger partial charge in [-0.05, 0) is 41.8 Å². The molecule has 0 atom stereocenters. The molecule has 3 heteroatoms. The van der Waals surface area contributed by atoms with E-state index in [0.717, 1.165) is 26.2 Å². The summed E-state index contributed by atoms with van der Waals surface area (Å²) in [6, 6.07) is 1.28. The average molecular weight is 215 g/mol. The first-order valence-electron chi connectivity index (χ1n) is 6.08. The number of likely N-dealkylation sites (N-methyl/N-ethyl adjacent to an activating group) is 2. The average Bonchev–Trinajstić information content (AvgIpc) is 2.16. The molecule has 0 saturated carbocycles. The third-order valence-corrected chi connectivity index (χ3v) is 3.00. The Hall–Kier alpha value is -0.120. The van der Waals surface area contributed by atoms with Crippen molar-refractivity contribution in [3.63, 3.8) is 0 Å². The molecule has 1 N–H and O–H groups in total. The summed E-state index contributed by atoms with van der Waals surface area (Å²) in [7, 11) is 4.21. The second kappa shape index (κ2) is 8.08. The Labute approximate surface area is 95.8 Å². The molecule has 92 valence electrons. The summed E-state index contributed by atoms with van der Waals surface area (Å²) in [5.41, 5.74) is 0. The summed E-state index contributed by atoms with van der Waals surface area (Å²) >= 11 is 0. The number of nitrogens with one attached hydrogen (secondary N) is 1. The van der Waals surface area contributed by atoms with Crippen molar-refractivity contribution < 1.29 is 0 Å². The van der Waals surface area contributed by atoms with Crippen LogP contribution < -0.4 is 5.32 Å². The molecule has 0 aromatic heterocycles. The van der Waals surface area contributed by atoms with E-state index in [9.17, 15) is 0 Å². The summed E-state index contributed by atoms with van der Waals surface area (Å²) in [4.78, 5) is 4.92. The lowest BCUT2D eigenvalue weighted by molar-refractivity contribution is 0.176. The van der Waals surface area contributed by atoms with E-state index in [1.54, 1.807) is 0 Å². The van der Waals surface area contributed by atoms with Crippen molar-refractivity contribution in [1.29, 1.82) is 0 Å². The molecule has 0 fully saturated rings. The van der Waals surface area contributed by atoms with E-state index < -0.39 is 0 Å². The highest BCUT2D eigenvalue weighted by Gasteiger charge is 2.10. The fourth-order valence-corrected chi connectivity index (χ4v) is 1.43. The Bertz CT molecular complexity index is 146. The Balaban J connectivity index is 3.85. The highest BCUT2D eigenvalue weighted by Crippen LogP contribution is 1.99. The number of nitrogens with zero attached hydrogens (tertiary/aromatic N) is 2. The third kappa shape index (κ3) is 6.88. The van der Waals surface area contributed by atoms with Gasteiger partial charge in [0.1, 0.15) is 0 Å². The van der Waals surface area contributed by atoms with Gasteiger partial charge in [0.2, 0.25) is 0 Å². The lowest BCUT2D eigenvalue weighted by Crippen LogP contribution is -2.42. The molecular weight excluding hydrogens is 186 g/mol. The summed E-state index contributed by atoms with van der Waals surface area (Å²) in [6.45, 7) is 13.5. The Morgan fingerprint density at radius 3 is 1.93 bits per heavy atom. The molecule has 0 spiro atoms. The monoisotopic (exact) mass is 215 g/mol. The van der Waals surface area contributed by atoms with Crippen LogP contribution in [0.3, 0.4) is 0 Å². The fourth-order valence-electron chi connectivity index (χ4n) is 1.43. The first-order valence-corrected chi connectivity index (χ1v) is 6.08. The van der Waals surface area contributed by atoms with Gasteiger partial charge in [0.05, 0.1) is 0 Å². The van der Waals surface area contributed by atoms with Gasteiger partial charge < -0.3 is 10.2 Å². The standard InChI is InChI=1S/C12H29N3/c1-11(2)14(6)9-10-15(12(3)4)8-7-13-5/h11-13H,7-10H2,1-6H3. The molecule has 3 nitrogen and oxygen atoms in total. The zero-order valence-corrected chi connectivity index (χ0v) is 11.4. The van der Waals surface area contributed by atoms with E-state index in [1.165, 1.54) is 0 Å². The predicted molar refractivity (Wildman–Crippen MR) is 68.4 cm³/mol. The van der Waals surface area contributed by atoms with Gasteiger partial charge in [-0.1, -0.05) is 0 Å². The molecule has 0 aromatic carbocycles. The quantitative estimate of drug-likeness (QED) is 0.657. The van der Waals surface area contributed by atoms with E-state index in [4.69, 9.17) is 0 Å². The maximum Gasteiger partial charge on any atom is 0.0113 e. The predicted octanol–water partition coefficient (Wildman–Crippen LogP) is 1.26. The minimum atomic E-state index is 0.638. The summed E-state index contributed by atoms with van der Waals surface area (Å²) in [5, 5.41) is 3.21. The van der Waals surface area contributed by atoms with Crippen molar-refractivity contribution in [3.05, 3.63) is 0 Å². The molecular formula is C12H29N3. The van der Waals surface area contributed by atoms with Gasteiger partial charge in [-0.25, -0.2) is 0 Å². The second-order valence-electron chi connectivity index (χ2n) is 4.81. The summed E-state index contributed by atoms with van der Waals surface area (Å²) in [5.74, 6) is 0. The normalized spacial score (nSPS) is 12.4. The number of hydrogen-bond donors (Lipinski definition) is 1. The van der Waals surface area contributed by atoms with Gasteiger partial charge in [-0.15, -0.1) is 0 Å². The first-order chi connectivity index (χ1) is 6.99. The second-order valence-corrected chi connectivity index (χ2v) is 4.81. The Morgan fingerprint density at radius 2 is 1.53 bits per heavy atom. The summed E-state index contributed by atoms with van der Waals surface area (Å²) in [6.07, 6.45) is 0. The van der Waals surface area contributed by atoms with Gasteiger partial charge in [0.15, 0.2) is 0 Å². The molecule has 0 aliphatic heterocycles. The molecule has 0 heterocycles. The largest absolute Gasteiger partial charge is 0.318 e. The Kier molecular flexibility index (Phi) is 8.02. The van der Waals surface area contributed by atoms with Crippen molar-refractivity contribution >= 4 is 0 Å². The van der Waals surface area contributed by atoms with Crippen molar-refractivity contribution in [3.8, 4) is 0 Å². The van der Waals surface area contributed by atoms with Crippen LogP contribution in [-0.2, 0) is 0 Å². The lowest BCUT2D eigenvalue weighted by Gasteiger charge is -2.30.